The van der Waals surface area contributed by atoms with Crippen LogP contribution in [0, 0.1) is 0 Å². The smallest absolute Gasteiger partial charge is 0.410 e. The van der Waals surface area contributed by atoms with Crippen molar-refractivity contribution >= 4 is 80.4 Å². The molecule has 7 rings (SSSR count). The molecule has 0 spiro atoms. The maximum absolute atomic E-state index is 12.0. The van der Waals surface area contributed by atoms with Crippen LogP contribution in [0.5, 0.6) is 0 Å². The van der Waals surface area contributed by atoms with E-state index < -0.39 is 5.43 Å². The van der Waals surface area contributed by atoms with E-state index in [4.69, 9.17) is 39.5 Å². The minimum atomic E-state index is -0.792. The zero-order chi connectivity index (χ0) is 54.4. The molecule has 1 aromatic carbocycles. The number of alkyl halides is 2. The van der Waals surface area contributed by atoms with Crippen LogP contribution in [0.15, 0.2) is 110 Å². The van der Waals surface area contributed by atoms with E-state index in [0.29, 0.717) is 31.6 Å². The van der Waals surface area contributed by atoms with Crippen molar-refractivity contribution in [3.8, 4) is 0 Å². The molecule has 396 valence electrons. The Morgan fingerprint density at radius 3 is 1.49 bits per heavy atom. The minimum absolute atomic E-state index is 0.0521. The van der Waals surface area contributed by atoms with Crippen LogP contribution >= 0.6 is 34.8 Å². The number of Topliss-reactive ketones (excluding diaryl/α,β-unsaturated/α-hetero) is 3. The van der Waals surface area contributed by atoms with Crippen LogP contribution < -0.4 is 5.32 Å². The lowest BCUT2D eigenvalue weighted by Gasteiger charge is -2.29. The van der Waals surface area contributed by atoms with E-state index in [1.165, 1.54) is 46.4 Å². The van der Waals surface area contributed by atoms with Gasteiger partial charge in [-0.25, -0.2) is 9.59 Å². The molecule has 0 saturated heterocycles. The van der Waals surface area contributed by atoms with E-state index in [2.05, 4.69) is 96.1 Å². The fourth-order valence-corrected chi connectivity index (χ4v) is 7.58. The molecular weight excluding hydrogens is 1010 g/mol. The van der Waals surface area contributed by atoms with Crippen LogP contribution in [-0.2, 0) is 49.7 Å². The summed E-state index contributed by atoms with van der Waals surface area (Å²) in [6.07, 6.45) is 16.8. The van der Waals surface area contributed by atoms with Gasteiger partial charge in [-0.1, -0.05) is 72.4 Å². The molecule has 19 heteroatoms. The fraction of sp³-hybridized carbons (Fsp3) is 0.400. The maximum Gasteiger partial charge on any atom is 0.410 e. The summed E-state index contributed by atoms with van der Waals surface area (Å²) in [4.78, 5) is 85.3. The average molecular weight is 1070 g/mol. The van der Waals surface area contributed by atoms with Gasteiger partial charge in [-0.05, 0) is 89.6 Å². The first-order chi connectivity index (χ1) is 35.5. The van der Waals surface area contributed by atoms with E-state index in [0.717, 1.165) is 86.0 Å². The number of carbonyl (C=O) groups is 5. The van der Waals surface area contributed by atoms with Crippen molar-refractivity contribution in [2.75, 3.05) is 57.8 Å². The highest BCUT2D eigenvalue weighted by Crippen LogP contribution is 2.27. The zero-order valence-electron chi connectivity index (χ0n) is 43.3. The van der Waals surface area contributed by atoms with Gasteiger partial charge >= 0.3 is 11.5 Å². The van der Waals surface area contributed by atoms with Gasteiger partial charge in [-0.3, -0.25) is 49.2 Å². The van der Waals surface area contributed by atoms with Gasteiger partial charge in [0.15, 0.2) is 0 Å². The Balaban J connectivity index is 0.000000271. The lowest BCUT2D eigenvalue weighted by atomic mass is 9.98. The number of halogens is 3. The number of carbonyl (C=O) groups excluding carboxylic acids is 5. The average Bonchev–Trinajstić information content (AvgIpc) is 3.37. The first-order valence-corrected chi connectivity index (χ1v) is 25.5. The van der Waals surface area contributed by atoms with E-state index in [9.17, 15) is 24.0 Å². The Morgan fingerprint density at radius 2 is 1.07 bits per heavy atom. The Bertz CT molecular complexity index is 2570. The summed E-state index contributed by atoms with van der Waals surface area (Å²) in [5, 5.41) is 3.53. The molecule has 4 aromatic rings. The van der Waals surface area contributed by atoms with Gasteiger partial charge in [-0.2, -0.15) is 0 Å². The van der Waals surface area contributed by atoms with Crippen LogP contribution in [0.25, 0.3) is 16.7 Å². The summed E-state index contributed by atoms with van der Waals surface area (Å²) in [5.41, 5.74) is 12.7. The molecule has 0 fully saturated rings. The second kappa shape index (κ2) is 34.2. The van der Waals surface area contributed by atoms with Gasteiger partial charge in [0, 0.05) is 82.2 Å². The van der Waals surface area contributed by atoms with Crippen LogP contribution in [-0.4, -0.2) is 126 Å². The molecule has 16 nitrogen and oxygen atoms in total. The summed E-state index contributed by atoms with van der Waals surface area (Å²) in [6.45, 7) is 24.1. The lowest BCUT2D eigenvalue weighted by molar-refractivity contribution is -0.117. The van der Waals surface area contributed by atoms with Crippen LogP contribution in [0.3, 0.4) is 0 Å². The van der Waals surface area contributed by atoms with E-state index in [-0.39, 0.29) is 48.4 Å². The topological polar surface area (TPSA) is 200 Å². The highest BCUT2D eigenvalue weighted by Gasteiger charge is 2.24. The largest absolute Gasteiger partial charge is 0.449 e. The third kappa shape index (κ3) is 23.3. The van der Waals surface area contributed by atoms with Crippen LogP contribution in [0.2, 0.25) is 0 Å². The number of rotatable bonds is 15. The molecular formula is C55H68Cl3N9O7. The quantitative estimate of drug-likeness (QED) is 0.0669. The predicted octanol–water partition coefficient (Wildman–Crippen LogP) is 10.0. The highest BCUT2D eigenvalue weighted by molar-refractivity contribution is 6.61. The van der Waals surface area contributed by atoms with Gasteiger partial charge in [0.25, 0.3) is 0 Å². The third-order valence-electron chi connectivity index (χ3n) is 11.3. The molecule has 3 aliphatic rings. The summed E-state index contributed by atoms with van der Waals surface area (Å²) in [5.74, 6) is 0.275. The Morgan fingerprint density at radius 1 is 0.622 bits per heavy atom. The van der Waals surface area contributed by atoms with E-state index in [1.807, 2.05) is 19.2 Å². The first kappa shape index (κ1) is 62.0. The van der Waals surface area contributed by atoms with Crippen molar-refractivity contribution in [2.24, 2.45) is 0 Å². The van der Waals surface area contributed by atoms with Gasteiger partial charge < -0.3 is 19.7 Å². The van der Waals surface area contributed by atoms with E-state index in [1.54, 1.807) is 55.8 Å². The number of hydrogen-bond acceptors (Lipinski definition) is 15. The monoisotopic (exact) mass is 1070 g/mol. The molecule has 74 heavy (non-hydrogen) atoms. The van der Waals surface area contributed by atoms with Crippen molar-refractivity contribution in [3.63, 3.8) is 0 Å². The van der Waals surface area contributed by atoms with Crippen molar-refractivity contribution < 1.29 is 33.4 Å². The SMILES string of the molecule is C=CCOC(=O)Cl.C=CCOC(=O)N1CCC(C)=C(c2cnc(CC(C)=O)cn2)C1.CC(=O)Cc1cnc(C2=C(C)CCN(Cc3ccccc3)C2)cn1.CC(=O)Cc1cnc(C2=C(C)CCNC2)cn1.ClCCl. The van der Waals surface area contributed by atoms with Crippen molar-refractivity contribution in [3.05, 3.63) is 149 Å². The first-order valence-electron chi connectivity index (χ1n) is 24.0. The summed E-state index contributed by atoms with van der Waals surface area (Å²) >= 11 is 14.3. The highest BCUT2D eigenvalue weighted by atomic mass is 35.5. The van der Waals surface area contributed by atoms with Crippen molar-refractivity contribution in [2.45, 2.75) is 86.6 Å². The Labute approximate surface area is 450 Å². The van der Waals surface area contributed by atoms with Gasteiger partial charge in [0.2, 0.25) is 0 Å². The number of ether oxygens (including phenoxy) is 2. The molecule has 1 amide bonds. The molecule has 3 aromatic heterocycles. The molecule has 0 radical (unpaired) electrons. The zero-order valence-corrected chi connectivity index (χ0v) is 45.6. The second-order valence-electron chi connectivity index (χ2n) is 17.4. The van der Waals surface area contributed by atoms with Crippen LogP contribution in [0.4, 0.5) is 9.59 Å². The number of nitrogens with zero attached hydrogens (tertiary/aromatic N) is 8. The normalized spacial score (nSPS) is 14.3. The summed E-state index contributed by atoms with van der Waals surface area (Å²) in [7, 11) is 0. The van der Waals surface area contributed by atoms with Gasteiger partial charge in [-0.15, -0.1) is 23.2 Å². The molecule has 0 saturated carbocycles. The lowest BCUT2D eigenvalue weighted by Crippen LogP contribution is -2.37. The number of ketones is 3. The summed E-state index contributed by atoms with van der Waals surface area (Å²) in [6, 6.07) is 10.6. The molecule has 0 atom stereocenters. The number of hydrogen-bond donors (Lipinski definition) is 1. The molecule has 6 heterocycles. The Hall–Kier alpha value is -6.30. The van der Waals surface area contributed by atoms with E-state index >= 15 is 0 Å². The van der Waals surface area contributed by atoms with Gasteiger partial charge in [0.05, 0.1) is 64.6 Å². The predicted molar refractivity (Wildman–Crippen MR) is 293 cm³/mol. The van der Waals surface area contributed by atoms with Crippen LogP contribution in [0.1, 0.15) is 101 Å². The van der Waals surface area contributed by atoms with Gasteiger partial charge in [0.1, 0.15) is 30.6 Å². The number of amides is 1. The summed E-state index contributed by atoms with van der Waals surface area (Å²) < 4.78 is 9.29. The number of benzene rings is 1. The standard InChI is InChI=1S/C20H23N3O.C17H21N3O3.C13H17N3O.C4H5ClO2.CH2Cl2/c1-15-8-9-23(13-17-6-4-3-5-7-17)14-19(15)20-12-21-18(11-22-20)10-16(2)24;1-4-7-23-17(22)20-6-5-12(2)15(11-20)16-10-18-14(9-19-16)8-13(3)21;1-9-3-4-14-7-12(9)13-8-15-11(6-16-13)5-10(2)17;1-2-3-7-4(5)6;2-1-3/h3-7,11-12H,8-10,13-14H2,1-2H3;4,9-10H,1,5-8,11H2,2-3H3;6,8,14H,3-5,7H2,1-2H3;2H,1,3H2;1H2. The molecule has 0 aliphatic carbocycles. The molecule has 1 N–H and O–H groups in total. The molecule has 3 aliphatic heterocycles. The fourth-order valence-electron chi connectivity index (χ4n) is 7.52. The second-order valence-corrected chi connectivity index (χ2v) is 18.6. The Kier molecular flexibility index (Phi) is 28.7. The maximum atomic E-state index is 12.0. The molecule has 0 unspecified atom stereocenters. The third-order valence-corrected chi connectivity index (χ3v) is 11.4. The van der Waals surface area contributed by atoms with Crippen molar-refractivity contribution in [1.29, 1.82) is 0 Å². The number of aromatic nitrogens is 6. The minimum Gasteiger partial charge on any atom is -0.449 e. The van der Waals surface area contributed by atoms with Crippen molar-refractivity contribution in [1.82, 2.24) is 45.0 Å². The molecule has 0 bridgehead atoms. The number of nitrogens with one attached hydrogen (secondary N) is 1.